The van der Waals surface area contributed by atoms with Crippen LogP contribution in [0.15, 0.2) is 30.3 Å². The quantitative estimate of drug-likeness (QED) is 0.779. The minimum absolute atomic E-state index is 0.0638. The Hall–Kier alpha value is -1.82. The van der Waals surface area contributed by atoms with Crippen LogP contribution in [0.2, 0.25) is 0 Å². The molecule has 0 aliphatic carbocycles. The predicted octanol–water partition coefficient (Wildman–Crippen LogP) is 2.18. The van der Waals surface area contributed by atoms with E-state index in [0.29, 0.717) is 6.42 Å². The number of amides is 1. The first-order chi connectivity index (χ1) is 8.31. The van der Waals surface area contributed by atoms with Crippen molar-refractivity contribution in [2.75, 3.05) is 13.1 Å². The number of carbonyl (C=O) groups excluding carboxylic acids is 1. The minimum Gasteiger partial charge on any atom is -0.336 e. The average molecular weight is 229 g/mol. The van der Waals surface area contributed by atoms with Crippen LogP contribution in [0.1, 0.15) is 18.4 Å². The molecule has 0 N–H and O–H groups in total. The van der Waals surface area contributed by atoms with E-state index in [1.54, 1.807) is 0 Å². The van der Waals surface area contributed by atoms with Gasteiger partial charge in [-0.15, -0.1) is 0 Å². The molecule has 3 nitrogen and oxygen atoms in total. The molecule has 0 radical (unpaired) electrons. The molecule has 1 saturated heterocycles. The number of carbonyl (C=O) groups is 1. The van der Waals surface area contributed by atoms with E-state index in [4.69, 9.17) is 6.57 Å². The van der Waals surface area contributed by atoms with Gasteiger partial charge in [0.05, 0.1) is 6.42 Å². The van der Waals surface area contributed by atoms with E-state index >= 15 is 0 Å². The van der Waals surface area contributed by atoms with Gasteiger partial charge in [-0.25, -0.2) is 0 Å². The van der Waals surface area contributed by atoms with Crippen LogP contribution in [0.4, 0.5) is 0 Å². The van der Waals surface area contributed by atoms with Gasteiger partial charge in [-0.1, -0.05) is 35.2 Å². The summed E-state index contributed by atoms with van der Waals surface area (Å²) in [4.78, 5) is 17.7. The zero-order valence-corrected chi connectivity index (χ0v) is 9.88. The molecule has 0 saturated carbocycles. The summed E-state index contributed by atoms with van der Waals surface area (Å²) in [7, 11) is 0. The largest absolute Gasteiger partial charge is 0.352 e. The normalized spacial score (nSPS) is 16.5. The molecule has 2 rings (SSSR count). The lowest BCUT2D eigenvalue weighted by Gasteiger charge is -2.14. The van der Waals surface area contributed by atoms with Crippen LogP contribution in [0.3, 0.4) is 0 Å². The van der Waals surface area contributed by atoms with Gasteiger partial charge in [0.1, 0.15) is 0 Å². The van der Waals surface area contributed by atoms with Gasteiger partial charge in [-0.2, -0.15) is 0 Å². The number of rotatable bonds is 3. The van der Waals surface area contributed by atoms with Crippen molar-refractivity contribution < 1.29 is 4.79 Å². The molecule has 0 spiro atoms. The first kappa shape index (κ1) is 11.7. The van der Waals surface area contributed by atoms with E-state index in [1.807, 2.05) is 35.2 Å². The van der Waals surface area contributed by atoms with Gasteiger partial charge in [-0.3, -0.25) is 4.79 Å². The molecule has 1 aliphatic heterocycles. The molecule has 1 aliphatic rings. The van der Waals surface area contributed by atoms with E-state index in [0.717, 1.165) is 31.5 Å². The predicted molar refractivity (Wildman–Crippen MR) is 68.1 cm³/mol. The molecule has 1 unspecified atom stereocenters. The van der Waals surface area contributed by atoms with Crippen molar-refractivity contribution in [1.82, 2.24) is 4.90 Å². The van der Waals surface area contributed by atoms with E-state index in [1.165, 1.54) is 0 Å². The van der Waals surface area contributed by atoms with Gasteiger partial charge in [0.2, 0.25) is 0 Å². The van der Waals surface area contributed by atoms with Gasteiger partial charge in [-0.05, 0) is 18.4 Å². The van der Waals surface area contributed by atoms with Crippen LogP contribution in [-0.2, 0) is 11.2 Å². The fourth-order valence-electron chi connectivity index (χ4n) is 2.19. The lowest BCUT2D eigenvalue weighted by Crippen LogP contribution is -2.36. The van der Waals surface area contributed by atoms with E-state index in [-0.39, 0.29) is 5.91 Å². The third-order valence-electron chi connectivity index (χ3n) is 3.15. The van der Waals surface area contributed by atoms with Gasteiger partial charge < -0.3 is 4.90 Å². The van der Waals surface area contributed by atoms with Crippen LogP contribution in [0.5, 0.6) is 0 Å². The summed E-state index contributed by atoms with van der Waals surface area (Å²) in [6.07, 6.45) is 2.77. The summed E-state index contributed by atoms with van der Waals surface area (Å²) in [5.74, 6) is 0.0638. The monoisotopic (exact) mass is 229 g/mol. The molecule has 1 amide bonds. The highest BCUT2D eigenvalue weighted by Crippen LogP contribution is 2.13. The van der Waals surface area contributed by atoms with Crippen molar-refractivity contribution in [2.45, 2.75) is 25.3 Å². The van der Waals surface area contributed by atoms with Crippen molar-refractivity contribution >= 4 is 5.91 Å². The van der Waals surface area contributed by atoms with Gasteiger partial charge in [0, 0.05) is 13.1 Å². The third-order valence-corrected chi connectivity index (χ3v) is 3.15. The van der Waals surface area contributed by atoms with E-state index < -0.39 is 6.04 Å². The second-order valence-corrected chi connectivity index (χ2v) is 4.39. The number of nitrogens with zero attached hydrogens (tertiary/aromatic N) is 2. The average Bonchev–Trinajstić information content (AvgIpc) is 2.90. The van der Waals surface area contributed by atoms with Crippen LogP contribution >= 0.6 is 0 Å². The van der Waals surface area contributed by atoms with Gasteiger partial charge in [0.15, 0.2) is 0 Å². The van der Waals surface area contributed by atoms with E-state index in [2.05, 4.69) is 4.85 Å². The van der Waals surface area contributed by atoms with Crippen LogP contribution < -0.4 is 0 Å². The second kappa shape index (κ2) is 5.49. The Morgan fingerprint density at radius 2 is 1.94 bits per heavy atom. The Kier molecular flexibility index (Phi) is 3.77. The molecular formula is C14H17N2O+. The molecular weight excluding hydrogens is 212 g/mol. The van der Waals surface area contributed by atoms with E-state index in [9.17, 15) is 4.79 Å². The molecule has 0 aromatic heterocycles. The Labute approximate surface area is 102 Å². The molecule has 17 heavy (non-hydrogen) atoms. The summed E-state index contributed by atoms with van der Waals surface area (Å²) in [6, 6.07) is 9.44. The molecule has 1 heterocycles. The zero-order chi connectivity index (χ0) is 12.1. The van der Waals surface area contributed by atoms with Gasteiger partial charge >= 0.3 is 11.9 Å². The topological polar surface area (TPSA) is 24.7 Å². The van der Waals surface area contributed by atoms with Crippen LogP contribution in [0, 0.1) is 6.57 Å². The smallest absolute Gasteiger partial charge is 0.336 e. The fourth-order valence-corrected chi connectivity index (χ4v) is 2.19. The minimum atomic E-state index is -0.435. The number of likely N-dealkylation sites (tertiary alicyclic amines) is 1. The molecule has 1 atom stereocenters. The lowest BCUT2D eigenvalue weighted by atomic mass is 10.1. The molecule has 1 fully saturated rings. The van der Waals surface area contributed by atoms with Crippen molar-refractivity contribution in [3.8, 4) is 6.57 Å². The number of hydrogen-bond acceptors (Lipinski definition) is 1. The fraction of sp³-hybridized carbons (Fsp3) is 0.429. The van der Waals surface area contributed by atoms with Crippen molar-refractivity contribution in [2.24, 2.45) is 0 Å². The molecule has 1 aromatic rings. The third kappa shape index (κ3) is 2.85. The standard InChI is InChI=1S/C14H17N2O/c1-15-13(11-12-7-3-2-4-8-12)14(17)16-9-5-6-10-16/h1-4,7-8,13H,5-6,9-11H2/q+1. The Bertz CT molecular complexity index is 416. The summed E-state index contributed by atoms with van der Waals surface area (Å²) in [5, 5.41) is 0. The Morgan fingerprint density at radius 1 is 1.29 bits per heavy atom. The van der Waals surface area contributed by atoms with Gasteiger partial charge in [0.25, 0.3) is 6.57 Å². The maximum absolute atomic E-state index is 12.1. The van der Waals surface area contributed by atoms with Crippen molar-refractivity contribution in [3.05, 3.63) is 40.7 Å². The van der Waals surface area contributed by atoms with Crippen molar-refractivity contribution in [1.29, 1.82) is 0 Å². The molecule has 0 bridgehead atoms. The number of hydrogen-bond donors (Lipinski definition) is 0. The maximum atomic E-state index is 12.1. The highest BCUT2D eigenvalue weighted by Gasteiger charge is 2.33. The first-order valence-corrected chi connectivity index (χ1v) is 6.04. The molecule has 88 valence electrons. The van der Waals surface area contributed by atoms with Crippen LogP contribution in [0.25, 0.3) is 4.85 Å². The van der Waals surface area contributed by atoms with Crippen LogP contribution in [-0.4, -0.2) is 29.9 Å². The molecule has 1 aromatic carbocycles. The first-order valence-electron chi connectivity index (χ1n) is 6.04. The highest BCUT2D eigenvalue weighted by molar-refractivity contribution is 5.84. The zero-order valence-electron chi connectivity index (χ0n) is 9.88. The SMILES string of the molecule is C#[N+]C(Cc1ccccc1)C(=O)N1CCCC1. The van der Waals surface area contributed by atoms with Crippen molar-refractivity contribution in [3.63, 3.8) is 0 Å². The summed E-state index contributed by atoms with van der Waals surface area (Å²) >= 11 is 0. The summed E-state index contributed by atoms with van der Waals surface area (Å²) < 4.78 is 0. The summed E-state index contributed by atoms with van der Waals surface area (Å²) in [6.45, 7) is 7.06. The second-order valence-electron chi connectivity index (χ2n) is 4.39. The lowest BCUT2D eigenvalue weighted by molar-refractivity contribution is -0.130. The Balaban J connectivity index is 2.02. The highest BCUT2D eigenvalue weighted by atomic mass is 16.2. The maximum Gasteiger partial charge on any atom is 0.352 e. The number of benzene rings is 1. The summed E-state index contributed by atoms with van der Waals surface area (Å²) in [5.41, 5.74) is 1.10. The molecule has 3 heteroatoms. The Morgan fingerprint density at radius 3 is 2.53 bits per heavy atom.